The van der Waals surface area contributed by atoms with Crippen molar-refractivity contribution >= 4 is 11.8 Å². The van der Waals surface area contributed by atoms with E-state index in [0.29, 0.717) is 38.3 Å². The number of aromatic nitrogens is 2. The smallest absolute Gasteiger partial charge is 0.354 e. The third-order valence-electron chi connectivity index (χ3n) is 7.15. The molecule has 3 heterocycles. The molecule has 1 aliphatic carbocycles. The fourth-order valence-electron chi connectivity index (χ4n) is 4.84. The zero-order valence-electron chi connectivity index (χ0n) is 20.4. The van der Waals surface area contributed by atoms with Crippen molar-refractivity contribution in [1.82, 2.24) is 24.3 Å². The summed E-state index contributed by atoms with van der Waals surface area (Å²) >= 11 is 0. The quantitative estimate of drug-likeness (QED) is 0.561. The van der Waals surface area contributed by atoms with Gasteiger partial charge in [0, 0.05) is 63.7 Å². The highest BCUT2D eigenvalue weighted by atomic mass is 19.1. The number of benzene rings is 1. The first-order valence-electron chi connectivity index (χ1n) is 12.3. The number of hydrogen-bond acceptors (Lipinski definition) is 7. The average molecular weight is 497 g/mol. The van der Waals surface area contributed by atoms with Crippen LogP contribution in [-0.2, 0) is 6.54 Å². The largest absolute Gasteiger partial charge is 0.370 e. The summed E-state index contributed by atoms with van der Waals surface area (Å²) in [7, 11) is 0. The molecule has 3 unspecified atom stereocenters. The Kier molecular flexibility index (Phi) is 6.54. The Morgan fingerprint density at radius 2 is 1.86 bits per heavy atom. The van der Waals surface area contributed by atoms with Gasteiger partial charge in [0.05, 0.1) is 11.2 Å². The molecule has 0 radical (unpaired) electrons. The third kappa shape index (κ3) is 5.28. The van der Waals surface area contributed by atoms with E-state index in [9.17, 15) is 14.0 Å². The Morgan fingerprint density at radius 3 is 2.47 bits per heavy atom. The Morgan fingerprint density at radius 1 is 1.17 bits per heavy atom. The molecule has 192 valence electrons. The van der Waals surface area contributed by atoms with Crippen LogP contribution in [0.1, 0.15) is 18.9 Å². The highest BCUT2D eigenvalue weighted by Gasteiger charge is 2.40. The summed E-state index contributed by atoms with van der Waals surface area (Å²) in [4.78, 5) is 35.3. The van der Waals surface area contributed by atoms with Crippen LogP contribution in [0.15, 0.2) is 53.1 Å². The standard InChI is InChI=1S/C25H33FN8O2/c1-25(28)14-21(25)32-10-12-33(13-11-32)23(35)29-22-7-9-34(24(36)30-22)18-4-2-17(3-5-18)15-31-8-6-20(27)19(26)16-31/h2-5,7,9,14,19-20H,6,8,10-13,15-16,27-28H2,1H3,(H,29,30,35,36). The van der Waals surface area contributed by atoms with E-state index in [1.807, 2.05) is 42.2 Å². The summed E-state index contributed by atoms with van der Waals surface area (Å²) < 4.78 is 15.3. The maximum absolute atomic E-state index is 13.9. The minimum Gasteiger partial charge on any atom is -0.370 e. The molecule has 2 aromatic rings. The van der Waals surface area contributed by atoms with Crippen LogP contribution in [0.3, 0.4) is 0 Å². The van der Waals surface area contributed by atoms with Crippen LogP contribution in [0.5, 0.6) is 0 Å². The topological polar surface area (TPSA) is 126 Å². The molecule has 3 atom stereocenters. The van der Waals surface area contributed by atoms with Crippen molar-refractivity contribution in [1.29, 1.82) is 0 Å². The minimum atomic E-state index is -1.01. The normalized spacial score (nSPS) is 26.5. The summed E-state index contributed by atoms with van der Waals surface area (Å²) in [6.45, 7) is 6.27. The maximum Gasteiger partial charge on any atom is 0.354 e. The van der Waals surface area contributed by atoms with Crippen LogP contribution in [0.4, 0.5) is 15.0 Å². The number of hydrogen-bond donors (Lipinski definition) is 3. The minimum absolute atomic E-state index is 0.212. The lowest BCUT2D eigenvalue weighted by molar-refractivity contribution is 0.114. The molecule has 11 heteroatoms. The molecule has 0 spiro atoms. The molecule has 1 aromatic heterocycles. The molecule has 10 nitrogen and oxygen atoms in total. The lowest BCUT2D eigenvalue weighted by atomic mass is 10.0. The van der Waals surface area contributed by atoms with Crippen LogP contribution in [-0.4, -0.2) is 87.3 Å². The molecule has 1 aromatic carbocycles. The Balaban J connectivity index is 1.16. The number of anilines is 1. The molecule has 2 saturated heterocycles. The van der Waals surface area contributed by atoms with Gasteiger partial charge in [0.2, 0.25) is 0 Å². The van der Waals surface area contributed by atoms with Gasteiger partial charge in [-0.3, -0.25) is 14.8 Å². The Bertz CT molecular complexity index is 1200. The summed E-state index contributed by atoms with van der Waals surface area (Å²) in [6, 6.07) is 8.46. The number of nitrogens with zero attached hydrogens (tertiary/aromatic N) is 5. The number of likely N-dealkylation sites (tertiary alicyclic amines) is 1. The van der Waals surface area contributed by atoms with Gasteiger partial charge in [-0.05, 0) is 43.2 Å². The first kappa shape index (κ1) is 24.4. The lowest BCUT2D eigenvalue weighted by Gasteiger charge is -2.35. The number of carbonyl (C=O) groups excluding carboxylic acids is 1. The first-order valence-corrected chi connectivity index (χ1v) is 12.3. The van der Waals surface area contributed by atoms with E-state index in [-0.39, 0.29) is 23.4 Å². The molecule has 0 bridgehead atoms. The van der Waals surface area contributed by atoms with E-state index < -0.39 is 11.9 Å². The molecular weight excluding hydrogens is 463 g/mol. The molecule has 2 fully saturated rings. The number of piperidine rings is 1. The lowest BCUT2D eigenvalue weighted by Crippen LogP contribution is -2.50. The molecule has 5 N–H and O–H groups in total. The van der Waals surface area contributed by atoms with E-state index >= 15 is 0 Å². The number of nitrogens with two attached hydrogens (primary N) is 2. The summed E-state index contributed by atoms with van der Waals surface area (Å²) in [5.41, 5.74) is 13.8. The van der Waals surface area contributed by atoms with Gasteiger partial charge in [0.15, 0.2) is 0 Å². The SMILES string of the molecule is CC1(N)C=C1N1CCN(C(=O)Nc2ccn(-c3ccc(CN4CCC(N)C(F)C4)cc3)c(=O)n2)CC1. The third-order valence-corrected chi connectivity index (χ3v) is 7.15. The number of alkyl halides is 1. The second-order valence-electron chi connectivity index (χ2n) is 10.1. The van der Waals surface area contributed by atoms with Crippen LogP contribution in [0.2, 0.25) is 0 Å². The van der Waals surface area contributed by atoms with Crippen molar-refractivity contribution in [3.8, 4) is 5.69 Å². The zero-order valence-corrected chi connectivity index (χ0v) is 20.4. The second-order valence-corrected chi connectivity index (χ2v) is 10.1. The van der Waals surface area contributed by atoms with Crippen molar-refractivity contribution in [3.05, 3.63) is 64.3 Å². The van der Waals surface area contributed by atoms with E-state index in [1.54, 1.807) is 17.2 Å². The van der Waals surface area contributed by atoms with Gasteiger partial charge < -0.3 is 21.3 Å². The van der Waals surface area contributed by atoms with E-state index in [1.165, 1.54) is 4.57 Å². The predicted octanol–water partition coefficient (Wildman–Crippen LogP) is 0.868. The van der Waals surface area contributed by atoms with Gasteiger partial charge in [-0.15, -0.1) is 0 Å². The highest BCUT2D eigenvalue weighted by Crippen LogP contribution is 2.34. The van der Waals surface area contributed by atoms with Crippen molar-refractivity contribution in [2.45, 2.75) is 37.6 Å². The molecule has 3 aliphatic rings. The number of nitrogens with one attached hydrogen (secondary N) is 1. The van der Waals surface area contributed by atoms with Crippen LogP contribution < -0.4 is 22.5 Å². The predicted molar refractivity (Wildman–Crippen MR) is 135 cm³/mol. The summed E-state index contributed by atoms with van der Waals surface area (Å²) in [6.07, 6.45) is 3.26. The first-order chi connectivity index (χ1) is 17.2. The molecule has 2 aliphatic heterocycles. The van der Waals surface area contributed by atoms with Crippen LogP contribution in [0.25, 0.3) is 5.69 Å². The fraction of sp³-hybridized carbons (Fsp3) is 0.480. The molecule has 36 heavy (non-hydrogen) atoms. The number of piperazine rings is 1. The van der Waals surface area contributed by atoms with E-state index in [2.05, 4.69) is 15.2 Å². The van der Waals surface area contributed by atoms with Crippen molar-refractivity contribution < 1.29 is 9.18 Å². The molecule has 2 amide bonds. The molecule has 5 rings (SSSR count). The summed E-state index contributed by atoms with van der Waals surface area (Å²) in [5, 5.41) is 2.73. The van der Waals surface area contributed by atoms with Crippen LogP contribution in [0, 0.1) is 0 Å². The maximum atomic E-state index is 13.9. The van der Waals surface area contributed by atoms with Crippen molar-refractivity contribution in [2.24, 2.45) is 11.5 Å². The van der Waals surface area contributed by atoms with Crippen molar-refractivity contribution in [2.75, 3.05) is 44.6 Å². The number of urea groups is 1. The number of halogens is 1. The number of amides is 2. The van der Waals surface area contributed by atoms with E-state index in [4.69, 9.17) is 11.5 Å². The fourth-order valence-corrected chi connectivity index (χ4v) is 4.84. The number of carbonyl (C=O) groups is 1. The van der Waals surface area contributed by atoms with Gasteiger partial charge >= 0.3 is 11.7 Å². The van der Waals surface area contributed by atoms with E-state index in [0.717, 1.165) is 30.9 Å². The van der Waals surface area contributed by atoms with Crippen LogP contribution >= 0.6 is 0 Å². The molecule has 0 saturated carbocycles. The Hall–Kier alpha value is -3.28. The van der Waals surface area contributed by atoms with Crippen molar-refractivity contribution in [3.63, 3.8) is 0 Å². The van der Waals surface area contributed by atoms with Gasteiger partial charge in [-0.2, -0.15) is 4.98 Å². The summed E-state index contributed by atoms with van der Waals surface area (Å²) in [5.74, 6) is 0.212. The number of rotatable bonds is 5. The van der Waals surface area contributed by atoms with Gasteiger partial charge in [0.25, 0.3) is 0 Å². The zero-order chi connectivity index (χ0) is 25.4. The molecular formula is C25H33FN8O2. The second kappa shape index (κ2) is 9.64. The van der Waals surface area contributed by atoms with Gasteiger partial charge in [-0.25, -0.2) is 14.0 Å². The average Bonchev–Trinajstić information content (AvgIpc) is 3.50. The van der Waals surface area contributed by atoms with Gasteiger partial charge in [0.1, 0.15) is 12.0 Å². The highest BCUT2D eigenvalue weighted by molar-refractivity contribution is 5.88. The monoisotopic (exact) mass is 496 g/mol. The van der Waals surface area contributed by atoms with Gasteiger partial charge in [-0.1, -0.05) is 12.1 Å². The Labute approximate surface area is 209 Å².